The molecule has 18 heavy (non-hydrogen) atoms. The van der Waals surface area contributed by atoms with Crippen LogP contribution >= 0.6 is 11.6 Å². The number of rotatable bonds is 7. The molecule has 0 spiro atoms. The highest BCUT2D eigenvalue weighted by atomic mass is 35.5. The van der Waals surface area contributed by atoms with Gasteiger partial charge < -0.3 is 5.32 Å². The van der Waals surface area contributed by atoms with E-state index in [0.717, 1.165) is 24.4 Å². The Kier molecular flexibility index (Phi) is 6.90. The van der Waals surface area contributed by atoms with E-state index < -0.39 is 10.8 Å². The molecule has 0 amide bonds. The standard InChI is InChI=1S/C14H22ClNOS/c1-4-5-14(16-10-11(2)18(3)17)12-6-8-13(15)9-7-12/h6-9,11,14,16H,4-5,10H2,1-3H3. The fourth-order valence-electron chi connectivity index (χ4n) is 1.80. The summed E-state index contributed by atoms with van der Waals surface area (Å²) in [6, 6.07) is 8.27. The molecule has 0 fully saturated rings. The van der Waals surface area contributed by atoms with Crippen LogP contribution in [0.5, 0.6) is 0 Å². The number of benzene rings is 1. The smallest absolute Gasteiger partial charge is 0.0441 e. The molecule has 3 unspecified atom stereocenters. The largest absolute Gasteiger partial charge is 0.309 e. The Morgan fingerprint density at radius 3 is 2.44 bits per heavy atom. The van der Waals surface area contributed by atoms with Gasteiger partial charge in [-0.15, -0.1) is 0 Å². The third kappa shape index (κ3) is 5.09. The second-order valence-corrected chi connectivity index (χ2v) is 6.85. The minimum absolute atomic E-state index is 0.177. The molecule has 0 saturated carbocycles. The van der Waals surface area contributed by atoms with Crippen molar-refractivity contribution < 1.29 is 4.21 Å². The average molecular weight is 288 g/mol. The van der Waals surface area contributed by atoms with Crippen LogP contribution in [0.4, 0.5) is 0 Å². The molecule has 1 aromatic carbocycles. The molecule has 0 aliphatic heterocycles. The van der Waals surface area contributed by atoms with Crippen LogP contribution in [0.15, 0.2) is 24.3 Å². The van der Waals surface area contributed by atoms with Crippen molar-refractivity contribution in [2.75, 3.05) is 12.8 Å². The molecule has 2 nitrogen and oxygen atoms in total. The quantitative estimate of drug-likeness (QED) is 0.831. The van der Waals surface area contributed by atoms with Gasteiger partial charge in [-0.1, -0.05) is 37.1 Å². The van der Waals surface area contributed by atoms with Crippen LogP contribution in [-0.4, -0.2) is 22.3 Å². The van der Waals surface area contributed by atoms with Gasteiger partial charge in [-0.05, 0) is 31.0 Å². The van der Waals surface area contributed by atoms with E-state index >= 15 is 0 Å². The normalized spacial score (nSPS) is 16.2. The average Bonchev–Trinajstić information content (AvgIpc) is 2.35. The van der Waals surface area contributed by atoms with Gasteiger partial charge in [-0.3, -0.25) is 4.21 Å². The van der Waals surface area contributed by atoms with Gasteiger partial charge in [-0.2, -0.15) is 0 Å². The zero-order valence-electron chi connectivity index (χ0n) is 11.3. The molecule has 0 heterocycles. The summed E-state index contributed by atoms with van der Waals surface area (Å²) < 4.78 is 11.3. The van der Waals surface area contributed by atoms with Crippen molar-refractivity contribution in [1.82, 2.24) is 5.32 Å². The number of nitrogens with one attached hydrogen (secondary N) is 1. The summed E-state index contributed by atoms with van der Waals surface area (Å²) in [5.74, 6) is 0. The lowest BCUT2D eigenvalue weighted by Crippen LogP contribution is -2.31. The van der Waals surface area contributed by atoms with Crippen LogP contribution in [0.25, 0.3) is 0 Å². The molecule has 4 heteroatoms. The van der Waals surface area contributed by atoms with Crippen molar-refractivity contribution >= 4 is 22.4 Å². The van der Waals surface area contributed by atoms with E-state index in [0.29, 0.717) is 6.04 Å². The number of hydrogen-bond donors (Lipinski definition) is 1. The van der Waals surface area contributed by atoms with Gasteiger partial charge in [0, 0.05) is 39.9 Å². The molecule has 1 rings (SSSR count). The van der Waals surface area contributed by atoms with Crippen molar-refractivity contribution in [2.24, 2.45) is 0 Å². The molecular weight excluding hydrogens is 266 g/mol. The van der Waals surface area contributed by atoms with Gasteiger partial charge in [0.15, 0.2) is 0 Å². The molecule has 0 aliphatic carbocycles. The second-order valence-electron chi connectivity index (χ2n) is 4.61. The maximum absolute atomic E-state index is 11.3. The Balaban J connectivity index is 2.64. The summed E-state index contributed by atoms with van der Waals surface area (Å²) in [6.07, 6.45) is 3.94. The van der Waals surface area contributed by atoms with Crippen LogP contribution in [0.2, 0.25) is 5.02 Å². The zero-order valence-corrected chi connectivity index (χ0v) is 12.9. The zero-order chi connectivity index (χ0) is 13.5. The van der Waals surface area contributed by atoms with E-state index in [1.165, 1.54) is 5.56 Å². The van der Waals surface area contributed by atoms with Gasteiger partial charge in [0.05, 0.1) is 0 Å². The molecule has 1 aromatic rings. The third-order valence-corrected chi connectivity index (χ3v) is 4.62. The minimum Gasteiger partial charge on any atom is -0.309 e. The van der Waals surface area contributed by atoms with Crippen LogP contribution < -0.4 is 5.32 Å². The van der Waals surface area contributed by atoms with Crippen LogP contribution in [-0.2, 0) is 10.8 Å². The second kappa shape index (κ2) is 7.93. The molecule has 102 valence electrons. The maximum atomic E-state index is 11.3. The fraction of sp³-hybridized carbons (Fsp3) is 0.571. The highest BCUT2D eigenvalue weighted by molar-refractivity contribution is 7.84. The van der Waals surface area contributed by atoms with Crippen molar-refractivity contribution in [3.63, 3.8) is 0 Å². The van der Waals surface area contributed by atoms with E-state index in [-0.39, 0.29) is 5.25 Å². The molecule has 1 N–H and O–H groups in total. The summed E-state index contributed by atoms with van der Waals surface area (Å²) >= 11 is 5.90. The van der Waals surface area contributed by atoms with Crippen molar-refractivity contribution in [1.29, 1.82) is 0 Å². The predicted octanol–water partition coefficient (Wildman–Crippen LogP) is 3.54. The summed E-state index contributed by atoms with van der Waals surface area (Å²) in [5.41, 5.74) is 1.25. The van der Waals surface area contributed by atoms with E-state index in [4.69, 9.17) is 11.6 Å². The summed E-state index contributed by atoms with van der Waals surface area (Å²) in [4.78, 5) is 0. The first-order valence-electron chi connectivity index (χ1n) is 6.35. The number of halogens is 1. The van der Waals surface area contributed by atoms with Crippen LogP contribution in [0.3, 0.4) is 0 Å². The van der Waals surface area contributed by atoms with Gasteiger partial charge in [0.25, 0.3) is 0 Å². The summed E-state index contributed by atoms with van der Waals surface area (Å²) in [5, 5.41) is 4.44. The lowest BCUT2D eigenvalue weighted by atomic mass is 10.0. The van der Waals surface area contributed by atoms with Crippen molar-refractivity contribution in [2.45, 2.75) is 38.0 Å². The van der Waals surface area contributed by atoms with Gasteiger partial charge in [0.1, 0.15) is 0 Å². The molecule has 0 radical (unpaired) electrons. The highest BCUT2D eigenvalue weighted by Crippen LogP contribution is 2.20. The lowest BCUT2D eigenvalue weighted by Gasteiger charge is -2.20. The SMILES string of the molecule is CCCC(NCC(C)S(C)=O)c1ccc(Cl)cc1. The van der Waals surface area contributed by atoms with E-state index in [1.54, 1.807) is 6.26 Å². The van der Waals surface area contributed by atoms with Crippen molar-refractivity contribution in [3.05, 3.63) is 34.9 Å². The van der Waals surface area contributed by atoms with Crippen molar-refractivity contribution in [3.8, 4) is 0 Å². The molecule has 3 atom stereocenters. The lowest BCUT2D eigenvalue weighted by molar-refractivity contribution is 0.494. The first-order chi connectivity index (χ1) is 8.54. The fourth-order valence-corrected chi connectivity index (χ4v) is 2.25. The highest BCUT2D eigenvalue weighted by Gasteiger charge is 2.13. The first kappa shape index (κ1) is 15.7. The van der Waals surface area contributed by atoms with Crippen LogP contribution in [0.1, 0.15) is 38.3 Å². The third-order valence-electron chi connectivity index (χ3n) is 3.07. The molecule has 0 saturated heterocycles. The van der Waals surface area contributed by atoms with E-state index in [1.807, 2.05) is 19.1 Å². The molecule has 0 aromatic heterocycles. The Hall–Kier alpha value is -0.380. The summed E-state index contributed by atoms with van der Waals surface area (Å²) in [6.45, 7) is 4.95. The van der Waals surface area contributed by atoms with E-state index in [2.05, 4.69) is 24.4 Å². The van der Waals surface area contributed by atoms with E-state index in [9.17, 15) is 4.21 Å². The van der Waals surface area contributed by atoms with Gasteiger partial charge in [-0.25, -0.2) is 0 Å². The molecule has 0 aliphatic rings. The molecule has 0 bridgehead atoms. The summed E-state index contributed by atoms with van der Waals surface area (Å²) in [7, 11) is -0.774. The molecular formula is C14H22ClNOS. The first-order valence-corrected chi connectivity index (χ1v) is 8.35. The minimum atomic E-state index is -0.774. The Bertz CT molecular complexity index is 380. The van der Waals surface area contributed by atoms with Crippen LogP contribution in [0, 0.1) is 0 Å². The predicted molar refractivity (Wildman–Crippen MR) is 80.6 cm³/mol. The topological polar surface area (TPSA) is 29.1 Å². The maximum Gasteiger partial charge on any atom is 0.0441 e. The Morgan fingerprint density at radius 2 is 1.94 bits per heavy atom. The Labute approximate surface area is 118 Å². The number of hydrogen-bond acceptors (Lipinski definition) is 2. The van der Waals surface area contributed by atoms with Gasteiger partial charge in [0.2, 0.25) is 0 Å². The monoisotopic (exact) mass is 287 g/mol. The Morgan fingerprint density at radius 1 is 1.33 bits per heavy atom. The van der Waals surface area contributed by atoms with Gasteiger partial charge >= 0.3 is 0 Å².